The molecule has 6 nitrogen and oxygen atoms in total. The average molecular weight is 432 g/mol. The third-order valence-corrected chi connectivity index (χ3v) is 5.66. The number of unbranched alkanes of at least 4 members (excludes halogenated alkanes) is 1. The van der Waals surface area contributed by atoms with E-state index in [0.29, 0.717) is 18.4 Å². The van der Waals surface area contributed by atoms with Crippen molar-refractivity contribution in [1.82, 2.24) is 5.32 Å². The molecule has 3 rings (SSSR count). The summed E-state index contributed by atoms with van der Waals surface area (Å²) in [6, 6.07) is 20.1. The second-order valence-electron chi connectivity index (χ2n) is 8.02. The number of aliphatic carboxylic acids is 1. The van der Waals surface area contributed by atoms with Gasteiger partial charge in [0, 0.05) is 5.56 Å². The first-order chi connectivity index (χ1) is 15.4. The zero-order valence-electron chi connectivity index (χ0n) is 18.2. The number of carbonyl (C=O) groups is 2. The molecule has 0 fully saturated rings. The Bertz CT molecular complexity index is 1110. The molecule has 0 aromatic heterocycles. The van der Waals surface area contributed by atoms with Gasteiger partial charge in [0.1, 0.15) is 11.9 Å². The average Bonchev–Trinajstić information content (AvgIpc) is 2.79. The first-order valence-corrected chi connectivity index (χ1v) is 10.8. The van der Waals surface area contributed by atoms with Gasteiger partial charge in [0.25, 0.3) is 0 Å². The topological polar surface area (TPSA) is 116 Å². The van der Waals surface area contributed by atoms with Crippen molar-refractivity contribution in [3.63, 3.8) is 0 Å². The Kier molecular flexibility index (Phi) is 7.60. The van der Waals surface area contributed by atoms with Gasteiger partial charge < -0.3 is 16.2 Å². The fraction of sp³-hybridized carbons (Fsp3) is 0.269. The predicted octanol–water partition coefficient (Wildman–Crippen LogP) is 4.21. The Labute approximate surface area is 188 Å². The molecule has 0 aliphatic heterocycles. The maximum atomic E-state index is 13.3. The normalized spacial score (nSPS) is 12.8. The van der Waals surface area contributed by atoms with Crippen LogP contribution >= 0.6 is 0 Å². The molecule has 3 aromatic rings. The number of hydrogen-bond donors (Lipinski definition) is 4. The summed E-state index contributed by atoms with van der Waals surface area (Å²) in [7, 11) is 0. The molecule has 0 aliphatic carbocycles. The molecule has 3 aromatic carbocycles. The van der Waals surface area contributed by atoms with E-state index in [-0.39, 0.29) is 11.7 Å². The summed E-state index contributed by atoms with van der Waals surface area (Å²) in [5.41, 5.74) is 7.90. The van der Waals surface area contributed by atoms with E-state index in [1.165, 1.54) is 0 Å². The number of rotatable bonds is 10. The molecule has 2 atom stereocenters. The molecule has 1 amide bonds. The largest absolute Gasteiger partial charge is 0.480 e. The van der Waals surface area contributed by atoms with Crippen molar-refractivity contribution in [2.45, 2.75) is 44.6 Å². The number of nitrogen functional groups attached to an aromatic ring is 1. The Morgan fingerprint density at radius 1 is 1.03 bits per heavy atom. The Morgan fingerprint density at radius 2 is 1.72 bits per heavy atom. The number of amidine groups is 1. The first kappa shape index (κ1) is 23.0. The van der Waals surface area contributed by atoms with Crippen molar-refractivity contribution in [2.24, 2.45) is 5.73 Å². The molecule has 32 heavy (non-hydrogen) atoms. The van der Waals surface area contributed by atoms with Crippen LogP contribution in [0.25, 0.3) is 10.8 Å². The summed E-state index contributed by atoms with van der Waals surface area (Å²) in [6.07, 6.45) is 2.39. The SMILES string of the molecule is CCCCC(NC(=O)[C@@H](Cc1ccc(C(=N)N)cc1)c1ccc2ccccc2c1)C(=O)O. The summed E-state index contributed by atoms with van der Waals surface area (Å²) >= 11 is 0. The number of benzene rings is 3. The van der Waals surface area contributed by atoms with Crippen LogP contribution < -0.4 is 11.1 Å². The molecule has 0 heterocycles. The molecule has 6 heteroatoms. The van der Waals surface area contributed by atoms with E-state index in [2.05, 4.69) is 5.32 Å². The van der Waals surface area contributed by atoms with Gasteiger partial charge in [0.15, 0.2) is 0 Å². The number of carbonyl (C=O) groups excluding carboxylic acids is 1. The minimum absolute atomic E-state index is 0.0133. The van der Waals surface area contributed by atoms with Crippen LogP contribution in [-0.4, -0.2) is 28.9 Å². The number of carboxylic acid groups (broad SMARTS) is 1. The lowest BCUT2D eigenvalue weighted by molar-refractivity contribution is -0.142. The maximum absolute atomic E-state index is 13.3. The summed E-state index contributed by atoms with van der Waals surface area (Å²) < 4.78 is 0. The number of carboxylic acids is 1. The van der Waals surface area contributed by atoms with E-state index in [0.717, 1.165) is 34.7 Å². The lowest BCUT2D eigenvalue weighted by Crippen LogP contribution is -2.43. The van der Waals surface area contributed by atoms with Gasteiger partial charge in [-0.3, -0.25) is 10.2 Å². The van der Waals surface area contributed by atoms with Gasteiger partial charge in [-0.1, -0.05) is 86.5 Å². The quantitative estimate of drug-likeness (QED) is 0.284. The lowest BCUT2D eigenvalue weighted by Gasteiger charge is -2.21. The van der Waals surface area contributed by atoms with Crippen molar-refractivity contribution in [2.75, 3.05) is 0 Å². The lowest BCUT2D eigenvalue weighted by atomic mass is 9.89. The molecule has 0 aliphatic rings. The highest BCUT2D eigenvalue weighted by Gasteiger charge is 2.26. The molecule has 0 spiro atoms. The molecule has 0 saturated heterocycles. The summed E-state index contributed by atoms with van der Waals surface area (Å²) in [5.74, 6) is -1.89. The van der Waals surface area contributed by atoms with Crippen molar-refractivity contribution in [1.29, 1.82) is 5.41 Å². The maximum Gasteiger partial charge on any atom is 0.326 e. The van der Waals surface area contributed by atoms with Crippen molar-refractivity contribution < 1.29 is 14.7 Å². The van der Waals surface area contributed by atoms with E-state index in [1.807, 2.05) is 61.5 Å². The fourth-order valence-electron chi connectivity index (χ4n) is 3.78. The van der Waals surface area contributed by atoms with Gasteiger partial charge in [-0.25, -0.2) is 4.79 Å². The molecule has 166 valence electrons. The van der Waals surface area contributed by atoms with E-state index in [4.69, 9.17) is 11.1 Å². The van der Waals surface area contributed by atoms with Crippen molar-refractivity contribution in [3.05, 3.63) is 83.4 Å². The second kappa shape index (κ2) is 10.6. The number of hydrogen-bond acceptors (Lipinski definition) is 3. The number of fused-ring (bicyclic) bond motifs is 1. The Balaban J connectivity index is 1.92. The molecule has 0 radical (unpaired) electrons. The van der Waals surface area contributed by atoms with Crippen LogP contribution in [0.15, 0.2) is 66.7 Å². The highest BCUT2D eigenvalue weighted by molar-refractivity contribution is 5.95. The van der Waals surface area contributed by atoms with Crippen LogP contribution in [0.3, 0.4) is 0 Å². The van der Waals surface area contributed by atoms with Gasteiger partial charge in [-0.2, -0.15) is 0 Å². The smallest absolute Gasteiger partial charge is 0.326 e. The zero-order chi connectivity index (χ0) is 23.1. The molecule has 0 bridgehead atoms. The number of nitrogens with one attached hydrogen (secondary N) is 2. The van der Waals surface area contributed by atoms with Crippen LogP contribution in [-0.2, 0) is 16.0 Å². The molecular weight excluding hydrogens is 402 g/mol. The molecular formula is C26H29N3O3. The van der Waals surface area contributed by atoms with E-state index in [1.54, 1.807) is 12.1 Å². The van der Waals surface area contributed by atoms with Gasteiger partial charge in [0.05, 0.1) is 5.92 Å². The van der Waals surface area contributed by atoms with Crippen LogP contribution in [0.5, 0.6) is 0 Å². The van der Waals surface area contributed by atoms with E-state index in [9.17, 15) is 14.7 Å². The van der Waals surface area contributed by atoms with Gasteiger partial charge in [-0.15, -0.1) is 0 Å². The minimum atomic E-state index is -1.02. The number of nitrogens with two attached hydrogens (primary N) is 1. The van der Waals surface area contributed by atoms with Crippen LogP contribution in [0.2, 0.25) is 0 Å². The highest BCUT2D eigenvalue weighted by Crippen LogP contribution is 2.26. The first-order valence-electron chi connectivity index (χ1n) is 10.8. The van der Waals surface area contributed by atoms with Crippen molar-refractivity contribution >= 4 is 28.5 Å². The third-order valence-electron chi connectivity index (χ3n) is 5.66. The summed E-state index contributed by atoms with van der Waals surface area (Å²) in [4.78, 5) is 25.0. The predicted molar refractivity (Wildman–Crippen MR) is 127 cm³/mol. The minimum Gasteiger partial charge on any atom is -0.480 e. The zero-order valence-corrected chi connectivity index (χ0v) is 18.2. The van der Waals surface area contributed by atoms with Crippen molar-refractivity contribution in [3.8, 4) is 0 Å². The number of amides is 1. The second-order valence-corrected chi connectivity index (χ2v) is 8.02. The fourth-order valence-corrected chi connectivity index (χ4v) is 3.78. The third kappa shape index (κ3) is 5.72. The highest BCUT2D eigenvalue weighted by atomic mass is 16.4. The Morgan fingerprint density at radius 3 is 2.34 bits per heavy atom. The van der Waals surface area contributed by atoms with E-state index < -0.39 is 17.9 Å². The van der Waals surface area contributed by atoms with Gasteiger partial charge >= 0.3 is 5.97 Å². The Hall–Kier alpha value is -3.67. The van der Waals surface area contributed by atoms with Gasteiger partial charge in [0.2, 0.25) is 5.91 Å². The molecule has 0 saturated carbocycles. The molecule has 1 unspecified atom stereocenters. The summed E-state index contributed by atoms with van der Waals surface area (Å²) in [5, 5.41) is 22.0. The molecule has 5 N–H and O–H groups in total. The van der Waals surface area contributed by atoms with Crippen LogP contribution in [0.4, 0.5) is 0 Å². The standard InChI is InChI=1S/C26H29N3O3/c1-2-3-8-23(26(31)32)29-25(30)22(15-17-9-11-19(12-10-17)24(27)28)21-14-13-18-6-4-5-7-20(18)16-21/h4-7,9-14,16,22-23H,2-3,8,15H2,1H3,(H3,27,28)(H,29,30)(H,31,32)/t22-,23?/m0/s1. The monoisotopic (exact) mass is 431 g/mol. The van der Waals surface area contributed by atoms with Gasteiger partial charge in [-0.05, 0) is 34.7 Å². The van der Waals surface area contributed by atoms with Crippen LogP contribution in [0, 0.1) is 5.41 Å². The van der Waals surface area contributed by atoms with E-state index >= 15 is 0 Å². The van der Waals surface area contributed by atoms with Crippen LogP contribution in [0.1, 0.15) is 48.8 Å². The summed E-state index contributed by atoms with van der Waals surface area (Å²) in [6.45, 7) is 1.99.